The van der Waals surface area contributed by atoms with Gasteiger partial charge in [0.15, 0.2) is 0 Å². The third kappa shape index (κ3) is 2.42. The first-order valence-corrected chi connectivity index (χ1v) is 15.1. The summed E-state index contributed by atoms with van der Waals surface area (Å²) in [6.45, 7) is 0. The molecule has 0 spiro atoms. The molecule has 0 radical (unpaired) electrons. The van der Waals surface area contributed by atoms with E-state index in [1.165, 1.54) is 39.3 Å². The quantitative estimate of drug-likeness (QED) is 0.220. The summed E-state index contributed by atoms with van der Waals surface area (Å²) >= 11 is 7.16. The van der Waals surface area contributed by atoms with Gasteiger partial charge >= 0.3 is 182 Å². The minimum atomic E-state index is -2.00. The molecule has 28 heavy (non-hydrogen) atoms. The molecule has 2 aliphatic heterocycles. The van der Waals surface area contributed by atoms with Gasteiger partial charge in [-0.25, -0.2) is 0 Å². The Balaban J connectivity index is 1.70. The molecule has 2 aliphatic rings. The zero-order chi connectivity index (χ0) is 18.7. The predicted octanol–water partition coefficient (Wildman–Crippen LogP) is -0.164. The topological polar surface area (TPSA) is 25.8 Å². The second-order valence-corrected chi connectivity index (χ2v) is 15.5. The Labute approximate surface area is 181 Å². The Morgan fingerprint density at radius 3 is 1.93 bits per heavy atom. The molecule has 2 nitrogen and oxygen atoms in total. The normalized spacial score (nSPS) is 15.3. The first-order chi connectivity index (χ1) is 13.7. The van der Waals surface area contributed by atoms with Gasteiger partial charge in [-0.1, -0.05) is 0 Å². The molecule has 6 heteroatoms. The number of hydrogen-bond donors (Lipinski definition) is 0. The van der Waals surface area contributed by atoms with Crippen molar-refractivity contribution in [3.8, 4) is 11.3 Å². The fourth-order valence-corrected chi connectivity index (χ4v) is 18.5. The van der Waals surface area contributed by atoms with Gasteiger partial charge in [0.25, 0.3) is 0 Å². The third-order valence-corrected chi connectivity index (χ3v) is 16.1. The summed E-state index contributed by atoms with van der Waals surface area (Å²) in [5.41, 5.74) is 2.12. The first kappa shape index (κ1) is 17.3. The van der Waals surface area contributed by atoms with Gasteiger partial charge in [0.1, 0.15) is 0 Å². The van der Waals surface area contributed by atoms with Crippen molar-refractivity contribution in [2.75, 3.05) is 0 Å². The fraction of sp³-hybridized carbons (Fsp3) is 0. The van der Waals surface area contributed by atoms with E-state index in [0.29, 0.717) is 0 Å². The van der Waals surface area contributed by atoms with E-state index < -0.39 is 6.04 Å². The van der Waals surface area contributed by atoms with Crippen LogP contribution in [-0.4, -0.2) is 39.9 Å². The molecule has 0 bridgehead atoms. The van der Waals surface area contributed by atoms with Gasteiger partial charge < -0.3 is 0 Å². The van der Waals surface area contributed by atoms with Crippen LogP contribution < -0.4 is 33.8 Å². The van der Waals surface area contributed by atoms with Crippen LogP contribution in [0, 0.1) is 0 Å². The monoisotopic (exact) mass is 528 g/mol. The standard InChI is InChI=1S/C22H13N2PSSe2/c26-25-16-5-1-3-7-18(16)27-20-11-14(15-13-23-9-10-24-15)12-21(22(20)25)28-19-8-4-2-6-17(19)25/h1-13H. The van der Waals surface area contributed by atoms with E-state index in [-0.39, 0.29) is 29.9 Å². The van der Waals surface area contributed by atoms with Crippen LogP contribution in [0.2, 0.25) is 0 Å². The van der Waals surface area contributed by atoms with Crippen molar-refractivity contribution >= 4 is 81.5 Å². The number of aromatic nitrogens is 2. The summed E-state index contributed by atoms with van der Waals surface area (Å²) in [5.74, 6) is 0. The van der Waals surface area contributed by atoms with Crippen molar-refractivity contribution in [1.82, 2.24) is 9.97 Å². The second-order valence-electron chi connectivity index (χ2n) is 6.66. The SMILES string of the molecule is S=P12c3ccccc3[Se]c3cc(-c4cnccn4)cc(c31)[Se]c1ccccc12. The molecule has 0 saturated heterocycles. The van der Waals surface area contributed by atoms with Crippen molar-refractivity contribution < 1.29 is 0 Å². The van der Waals surface area contributed by atoms with Crippen LogP contribution in [0.1, 0.15) is 0 Å². The molecule has 0 fully saturated rings. The molecule has 134 valence electrons. The van der Waals surface area contributed by atoms with E-state index in [4.69, 9.17) is 11.8 Å². The summed E-state index contributed by atoms with van der Waals surface area (Å²) in [4.78, 5) is 8.83. The summed E-state index contributed by atoms with van der Waals surface area (Å²) < 4.78 is 5.78. The predicted molar refractivity (Wildman–Crippen MR) is 124 cm³/mol. The van der Waals surface area contributed by atoms with Crippen LogP contribution in [0.5, 0.6) is 0 Å². The van der Waals surface area contributed by atoms with Gasteiger partial charge in [-0.15, -0.1) is 0 Å². The van der Waals surface area contributed by atoms with E-state index in [1.807, 2.05) is 6.20 Å². The zero-order valence-electron chi connectivity index (χ0n) is 14.6. The van der Waals surface area contributed by atoms with Crippen molar-refractivity contribution in [3.63, 3.8) is 0 Å². The molecule has 0 amide bonds. The molecule has 0 atom stereocenters. The Kier molecular flexibility index (Phi) is 4.00. The molecule has 4 aromatic rings. The number of nitrogens with zero attached hydrogens (tertiary/aromatic N) is 2. The van der Waals surface area contributed by atoms with Crippen LogP contribution in [0.25, 0.3) is 11.3 Å². The fourth-order valence-electron chi connectivity index (χ4n) is 3.86. The van der Waals surface area contributed by atoms with Crippen molar-refractivity contribution in [2.45, 2.75) is 0 Å². The first-order valence-electron chi connectivity index (χ1n) is 8.85. The van der Waals surface area contributed by atoms with E-state index >= 15 is 0 Å². The van der Waals surface area contributed by atoms with Crippen LogP contribution in [0.3, 0.4) is 0 Å². The summed E-state index contributed by atoms with van der Waals surface area (Å²) in [6, 6.07) is 20.4. The van der Waals surface area contributed by atoms with Gasteiger partial charge in [-0.05, 0) is 0 Å². The molecule has 0 unspecified atom stereocenters. The van der Waals surface area contributed by atoms with E-state index in [2.05, 4.69) is 70.6 Å². The number of fused-ring (bicyclic) bond motifs is 4. The summed E-state index contributed by atoms with van der Waals surface area (Å²) in [6.07, 6.45) is 5.36. The molecular weight excluding hydrogens is 513 g/mol. The van der Waals surface area contributed by atoms with Gasteiger partial charge in [0.2, 0.25) is 0 Å². The van der Waals surface area contributed by atoms with Crippen molar-refractivity contribution in [2.24, 2.45) is 0 Å². The van der Waals surface area contributed by atoms with Gasteiger partial charge in [-0.2, -0.15) is 0 Å². The Hall–Kier alpha value is -1.57. The van der Waals surface area contributed by atoms with Crippen molar-refractivity contribution in [3.05, 3.63) is 79.3 Å². The van der Waals surface area contributed by atoms with Gasteiger partial charge in [0.05, 0.1) is 0 Å². The minimum absolute atomic E-state index is 0.267. The van der Waals surface area contributed by atoms with Crippen molar-refractivity contribution in [1.29, 1.82) is 0 Å². The van der Waals surface area contributed by atoms with E-state index in [1.54, 1.807) is 12.4 Å². The number of benzene rings is 3. The van der Waals surface area contributed by atoms with Crippen LogP contribution in [0.4, 0.5) is 0 Å². The van der Waals surface area contributed by atoms with E-state index in [0.717, 1.165) is 5.69 Å². The molecule has 3 heterocycles. The average molecular weight is 526 g/mol. The maximum atomic E-state index is 6.62. The van der Waals surface area contributed by atoms with Crippen LogP contribution in [-0.2, 0) is 11.8 Å². The molecule has 0 aliphatic carbocycles. The number of rotatable bonds is 1. The average Bonchev–Trinajstić information content (AvgIpc) is 2.74. The Morgan fingerprint density at radius 2 is 1.36 bits per heavy atom. The van der Waals surface area contributed by atoms with Crippen LogP contribution >= 0.6 is 6.04 Å². The van der Waals surface area contributed by atoms with Gasteiger partial charge in [-0.3, -0.25) is 0 Å². The molecule has 3 aromatic carbocycles. The Morgan fingerprint density at radius 1 is 0.750 bits per heavy atom. The maximum absolute atomic E-state index is 6.62. The Bertz CT molecular complexity index is 1230. The molecular formula is C22H13N2PSSe2. The summed E-state index contributed by atoms with van der Waals surface area (Å²) in [5, 5.41) is 4.30. The third-order valence-electron chi connectivity index (χ3n) is 5.06. The molecule has 0 N–H and O–H groups in total. The molecule has 6 rings (SSSR count). The molecule has 1 aromatic heterocycles. The summed E-state index contributed by atoms with van der Waals surface area (Å²) in [7, 11) is 0. The number of hydrogen-bond acceptors (Lipinski definition) is 3. The van der Waals surface area contributed by atoms with E-state index in [9.17, 15) is 0 Å². The van der Waals surface area contributed by atoms with Crippen LogP contribution in [0.15, 0.2) is 79.3 Å². The second kappa shape index (κ2) is 6.47. The van der Waals surface area contributed by atoms with Gasteiger partial charge in [0, 0.05) is 0 Å². The zero-order valence-corrected chi connectivity index (χ0v) is 19.7. The molecule has 0 saturated carbocycles.